The molecule has 1 atom stereocenters. The molecule has 2 aromatic rings. The Bertz CT molecular complexity index is 650. The Labute approximate surface area is 127 Å². The first-order chi connectivity index (χ1) is 10.2. The van der Waals surface area contributed by atoms with Crippen molar-refractivity contribution in [2.24, 2.45) is 0 Å². The predicted octanol–water partition coefficient (Wildman–Crippen LogP) is 1.49. The fraction of sp³-hybridized carbons (Fsp3) is 0.500. The third-order valence-corrected chi connectivity index (χ3v) is 4.99. The minimum absolute atomic E-state index is 0.136. The lowest BCUT2D eigenvalue weighted by Gasteiger charge is -2.23. The molecule has 0 spiro atoms. The molecule has 3 N–H and O–H groups in total. The second-order valence-corrected chi connectivity index (χ2v) is 6.36. The van der Waals surface area contributed by atoms with E-state index in [4.69, 9.17) is 5.73 Å². The number of anilines is 1. The van der Waals surface area contributed by atoms with E-state index in [2.05, 4.69) is 27.1 Å². The maximum absolute atomic E-state index is 12.3. The van der Waals surface area contributed by atoms with Crippen molar-refractivity contribution in [3.05, 3.63) is 17.3 Å². The molecule has 21 heavy (non-hydrogen) atoms. The van der Waals surface area contributed by atoms with Gasteiger partial charge >= 0.3 is 0 Å². The molecule has 0 aromatic carbocycles. The number of amides is 1. The molecule has 1 saturated heterocycles. The second-order valence-electron chi connectivity index (χ2n) is 5.36. The quantitative estimate of drug-likeness (QED) is 0.894. The van der Waals surface area contributed by atoms with Gasteiger partial charge in [0.1, 0.15) is 15.2 Å². The number of nitrogens with zero attached hydrogens (tertiary/aromatic N) is 3. The van der Waals surface area contributed by atoms with Crippen LogP contribution in [0.2, 0.25) is 0 Å². The van der Waals surface area contributed by atoms with E-state index in [0.717, 1.165) is 13.1 Å². The Balaban J connectivity index is 1.68. The van der Waals surface area contributed by atoms with Crippen LogP contribution in [0.3, 0.4) is 0 Å². The standard InChI is InChI=1S/C14H19N5OS/c1-9(19-6-2-3-7-19)8-18-13(20)12-10(15)11-14(21-12)17-5-4-16-11/h4-5,9H,2-3,6-8,15H2,1H3,(H,18,20). The van der Waals surface area contributed by atoms with Crippen LogP contribution >= 0.6 is 11.3 Å². The van der Waals surface area contributed by atoms with Crippen LogP contribution in [0.1, 0.15) is 29.4 Å². The molecule has 1 amide bonds. The molecular formula is C14H19N5OS. The molecule has 0 saturated carbocycles. The average Bonchev–Trinajstić information content (AvgIpc) is 3.13. The van der Waals surface area contributed by atoms with Gasteiger partial charge in [0.15, 0.2) is 0 Å². The van der Waals surface area contributed by atoms with Crippen molar-refractivity contribution < 1.29 is 4.79 Å². The van der Waals surface area contributed by atoms with E-state index in [9.17, 15) is 4.79 Å². The van der Waals surface area contributed by atoms with Gasteiger partial charge in [0, 0.05) is 25.0 Å². The lowest BCUT2D eigenvalue weighted by molar-refractivity contribution is 0.0945. The van der Waals surface area contributed by atoms with Gasteiger partial charge < -0.3 is 11.1 Å². The van der Waals surface area contributed by atoms with Gasteiger partial charge in [-0.3, -0.25) is 9.69 Å². The summed E-state index contributed by atoms with van der Waals surface area (Å²) in [6.07, 6.45) is 5.69. The normalized spacial score (nSPS) is 17.2. The monoisotopic (exact) mass is 305 g/mol. The molecular weight excluding hydrogens is 286 g/mol. The predicted molar refractivity (Wildman–Crippen MR) is 84.4 cm³/mol. The van der Waals surface area contributed by atoms with Crippen molar-refractivity contribution in [1.82, 2.24) is 20.2 Å². The van der Waals surface area contributed by atoms with E-state index in [-0.39, 0.29) is 5.91 Å². The van der Waals surface area contributed by atoms with Gasteiger partial charge in [-0.1, -0.05) is 0 Å². The minimum Gasteiger partial charge on any atom is -0.396 e. The van der Waals surface area contributed by atoms with Crippen LogP contribution in [0.25, 0.3) is 10.3 Å². The highest BCUT2D eigenvalue weighted by Crippen LogP contribution is 2.30. The van der Waals surface area contributed by atoms with Crippen molar-refractivity contribution in [2.75, 3.05) is 25.4 Å². The van der Waals surface area contributed by atoms with Crippen LogP contribution in [0.15, 0.2) is 12.4 Å². The number of likely N-dealkylation sites (tertiary alicyclic amines) is 1. The number of aromatic nitrogens is 2. The molecule has 0 aliphatic carbocycles. The number of hydrogen-bond donors (Lipinski definition) is 2. The lowest BCUT2D eigenvalue weighted by atomic mass is 10.3. The first-order valence-electron chi connectivity index (χ1n) is 7.18. The molecule has 1 fully saturated rings. The van der Waals surface area contributed by atoms with Gasteiger partial charge in [0.05, 0.1) is 5.69 Å². The number of nitrogens with one attached hydrogen (secondary N) is 1. The molecule has 112 valence electrons. The van der Waals surface area contributed by atoms with Crippen LogP contribution in [-0.2, 0) is 0 Å². The topological polar surface area (TPSA) is 84.1 Å². The van der Waals surface area contributed by atoms with Gasteiger partial charge in [0.25, 0.3) is 5.91 Å². The van der Waals surface area contributed by atoms with Crippen LogP contribution < -0.4 is 11.1 Å². The summed E-state index contributed by atoms with van der Waals surface area (Å²) in [5, 5.41) is 2.97. The summed E-state index contributed by atoms with van der Waals surface area (Å²) in [5.41, 5.74) is 7.04. The van der Waals surface area contributed by atoms with Crippen molar-refractivity contribution in [3.8, 4) is 0 Å². The lowest BCUT2D eigenvalue weighted by Crippen LogP contribution is -2.40. The average molecular weight is 305 g/mol. The van der Waals surface area contributed by atoms with Crippen molar-refractivity contribution in [1.29, 1.82) is 0 Å². The molecule has 7 heteroatoms. The van der Waals surface area contributed by atoms with Gasteiger partial charge in [-0.2, -0.15) is 0 Å². The SMILES string of the molecule is CC(CNC(=O)c1sc2nccnc2c1N)N1CCCC1. The van der Waals surface area contributed by atoms with Crippen molar-refractivity contribution in [2.45, 2.75) is 25.8 Å². The summed E-state index contributed by atoms with van der Waals surface area (Å²) < 4.78 is 0. The summed E-state index contributed by atoms with van der Waals surface area (Å²) >= 11 is 1.29. The van der Waals surface area contributed by atoms with E-state index in [1.165, 1.54) is 24.2 Å². The molecule has 0 bridgehead atoms. The van der Waals surface area contributed by atoms with Crippen molar-refractivity contribution >= 4 is 33.3 Å². The van der Waals surface area contributed by atoms with Crippen LogP contribution in [0.5, 0.6) is 0 Å². The number of carbonyl (C=O) groups is 1. The Morgan fingerprint density at radius 1 is 1.43 bits per heavy atom. The highest BCUT2D eigenvalue weighted by Gasteiger charge is 2.21. The van der Waals surface area contributed by atoms with Crippen molar-refractivity contribution in [3.63, 3.8) is 0 Å². The van der Waals surface area contributed by atoms with Gasteiger partial charge in [0.2, 0.25) is 0 Å². The zero-order valence-corrected chi connectivity index (χ0v) is 12.8. The van der Waals surface area contributed by atoms with Crippen LogP contribution in [-0.4, -0.2) is 46.5 Å². The number of fused-ring (bicyclic) bond motifs is 1. The second kappa shape index (κ2) is 5.95. The molecule has 3 rings (SSSR count). The van der Waals surface area contributed by atoms with Crippen LogP contribution in [0, 0.1) is 0 Å². The van der Waals surface area contributed by atoms with E-state index < -0.39 is 0 Å². The Kier molecular flexibility index (Phi) is 4.03. The number of carbonyl (C=O) groups excluding carboxylic acids is 1. The number of nitrogen functional groups attached to an aromatic ring is 1. The first-order valence-corrected chi connectivity index (χ1v) is 7.99. The van der Waals surface area contributed by atoms with E-state index in [0.29, 0.717) is 33.5 Å². The molecule has 2 aromatic heterocycles. The minimum atomic E-state index is -0.136. The van der Waals surface area contributed by atoms with E-state index >= 15 is 0 Å². The van der Waals surface area contributed by atoms with Gasteiger partial charge in [-0.05, 0) is 32.9 Å². The molecule has 1 unspecified atom stereocenters. The molecule has 3 heterocycles. The van der Waals surface area contributed by atoms with E-state index in [1.54, 1.807) is 12.4 Å². The molecule has 0 radical (unpaired) electrons. The first kappa shape index (κ1) is 14.2. The zero-order chi connectivity index (χ0) is 14.8. The number of hydrogen-bond acceptors (Lipinski definition) is 6. The van der Waals surface area contributed by atoms with Crippen LogP contribution in [0.4, 0.5) is 5.69 Å². The smallest absolute Gasteiger partial charge is 0.263 e. The summed E-state index contributed by atoms with van der Waals surface area (Å²) in [6.45, 7) is 5.02. The third kappa shape index (κ3) is 2.84. The zero-order valence-electron chi connectivity index (χ0n) is 12.0. The number of nitrogens with two attached hydrogens (primary N) is 1. The van der Waals surface area contributed by atoms with E-state index in [1.807, 2.05) is 0 Å². The fourth-order valence-electron chi connectivity index (χ4n) is 2.64. The molecule has 1 aliphatic heterocycles. The number of thiophene rings is 1. The Morgan fingerprint density at radius 2 is 2.14 bits per heavy atom. The summed E-state index contributed by atoms with van der Waals surface area (Å²) in [7, 11) is 0. The summed E-state index contributed by atoms with van der Waals surface area (Å²) in [5.74, 6) is -0.136. The third-order valence-electron chi connectivity index (χ3n) is 3.89. The maximum atomic E-state index is 12.3. The Morgan fingerprint density at radius 3 is 2.86 bits per heavy atom. The molecule has 1 aliphatic rings. The maximum Gasteiger partial charge on any atom is 0.263 e. The highest BCUT2D eigenvalue weighted by atomic mass is 32.1. The molecule has 6 nitrogen and oxygen atoms in total. The summed E-state index contributed by atoms with van der Waals surface area (Å²) in [6, 6.07) is 0.350. The summed E-state index contributed by atoms with van der Waals surface area (Å²) in [4.78, 5) is 24.3. The fourth-order valence-corrected chi connectivity index (χ4v) is 3.58. The Hall–Kier alpha value is -1.73. The van der Waals surface area contributed by atoms with Gasteiger partial charge in [-0.15, -0.1) is 11.3 Å². The van der Waals surface area contributed by atoms with Gasteiger partial charge in [-0.25, -0.2) is 9.97 Å². The number of rotatable bonds is 4. The highest BCUT2D eigenvalue weighted by molar-refractivity contribution is 7.21. The largest absolute Gasteiger partial charge is 0.396 e.